The molecular weight excluding hydrogens is 408 g/mol. The van der Waals surface area contributed by atoms with Gasteiger partial charge in [0.2, 0.25) is 17.7 Å². The van der Waals surface area contributed by atoms with Gasteiger partial charge in [0, 0.05) is 43.6 Å². The number of benzene rings is 1. The highest BCUT2D eigenvalue weighted by Crippen LogP contribution is 2.26. The van der Waals surface area contributed by atoms with Crippen LogP contribution in [0.5, 0.6) is 0 Å². The summed E-state index contributed by atoms with van der Waals surface area (Å²) < 4.78 is 5.90. The molecule has 0 saturated carbocycles. The molecule has 1 atom stereocenters. The number of aromatic nitrogens is 1. The second kappa shape index (κ2) is 8.66. The van der Waals surface area contributed by atoms with Gasteiger partial charge in [0.15, 0.2) is 0 Å². The average Bonchev–Trinajstić information content (AvgIpc) is 3.07. The minimum Gasteiger partial charge on any atom is -0.459 e. The van der Waals surface area contributed by atoms with Crippen molar-refractivity contribution in [2.75, 3.05) is 12.4 Å². The number of carbonyl (C=O) groups is 3. The molecule has 3 amide bonds. The van der Waals surface area contributed by atoms with Gasteiger partial charge in [-0.15, -0.1) is 0 Å². The van der Waals surface area contributed by atoms with Gasteiger partial charge in [-0.05, 0) is 36.3 Å². The Labute approximate surface area is 185 Å². The van der Waals surface area contributed by atoms with Crippen LogP contribution >= 0.6 is 0 Å². The molecule has 1 aliphatic heterocycles. The Balaban J connectivity index is 1.44. The SMILES string of the molecule is CC(=O)NC1Cc2cc(/C=C/C(=O)N(C)Cc3oc4ccccc4c3C)cnc2NC1=O. The number of carbonyl (C=O) groups excluding carboxylic acids is 3. The Morgan fingerprint density at radius 1 is 1.34 bits per heavy atom. The Bertz CT molecular complexity index is 1240. The number of pyridine rings is 1. The van der Waals surface area contributed by atoms with Crippen molar-refractivity contribution in [1.29, 1.82) is 0 Å². The van der Waals surface area contributed by atoms with E-state index in [0.717, 1.165) is 33.4 Å². The predicted octanol–water partition coefficient (Wildman–Crippen LogP) is 2.81. The summed E-state index contributed by atoms with van der Waals surface area (Å²) in [7, 11) is 1.72. The zero-order valence-electron chi connectivity index (χ0n) is 18.1. The standard InChI is InChI=1S/C24H24N4O4/c1-14-18-6-4-5-7-20(18)32-21(14)13-28(3)22(30)9-8-16-10-17-11-19(26-15(2)29)24(31)27-23(17)25-12-16/h4-10,12,19H,11,13H2,1-3H3,(H,26,29)(H,25,27,31)/b9-8+. The topological polar surface area (TPSA) is 105 Å². The maximum atomic E-state index is 12.6. The van der Waals surface area contributed by atoms with E-state index in [1.807, 2.05) is 37.3 Å². The van der Waals surface area contributed by atoms with Gasteiger partial charge in [-0.1, -0.05) is 18.2 Å². The highest BCUT2D eigenvalue weighted by Gasteiger charge is 2.27. The van der Waals surface area contributed by atoms with Gasteiger partial charge < -0.3 is 20.0 Å². The molecule has 1 aliphatic rings. The molecule has 0 bridgehead atoms. The normalized spacial score (nSPS) is 15.5. The minimum atomic E-state index is -0.638. The van der Waals surface area contributed by atoms with Gasteiger partial charge in [0.25, 0.3) is 0 Å². The smallest absolute Gasteiger partial charge is 0.248 e. The van der Waals surface area contributed by atoms with E-state index in [-0.39, 0.29) is 17.7 Å². The number of rotatable bonds is 5. The highest BCUT2D eigenvalue weighted by molar-refractivity contribution is 5.99. The lowest BCUT2D eigenvalue weighted by Gasteiger charge is -2.24. The Hall–Kier alpha value is -3.94. The maximum absolute atomic E-state index is 12.6. The number of likely N-dealkylation sites (N-methyl/N-ethyl adjacent to an activating group) is 1. The third kappa shape index (κ3) is 4.39. The first-order valence-electron chi connectivity index (χ1n) is 10.3. The molecule has 2 aromatic heterocycles. The minimum absolute atomic E-state index is 0.174. The van der Waals surface area contributed by atoms with Crippen molar-refractivity contribution in [2.24, 2.45) is 0 Å². The van der Waals surface area contributed by atoms with E-state index in [1.165, 1.54) is 13.0 Å². The van der Waals surface area contributed by atoms with Gasteiger partial charge in [-0.25, -0.2) is 4.98 Å². The quantitative estimate of drug-likeness (QED) is 0.604. The molecule has 0 spiro atoms. The number of anilines is 1. The van der Waals surface area contributed by atoms with E-state index in [4.69, 9.17) is 4.42 Å². The van der Waals surface area contributed by atoms with Crippen molar-refractivity contribution >= 4 is 40.6 Å². The summed E-state index contributed by atoms with van der Waals surface area (Å²) in [6.45, 7) is 3.72. The second-order valence-electron chi connectivity index (χ2n) is 7.90. The fraction of sp³-hybridized carbons (Fsp3) is 0.250. The predicted molar refractivity (Wildman–Crippen MR) is 121 cm³/mol. The van der Waals surface area contributed by atoms with Crippen molar-refractivity contribution in [3.05, 3.63) is 65.1 Å². The van der Waals surface area contributed by atoms with Crippen LogP contribution in [0.2, 0.25) is 0 Å². The lowest BCUT2D eigenvalue weighted by Crippen LogP contribution is -2.47. The van der Waals surface area contributed by atoms with E-state index in [0.29, 0.717) is 18.8 Å². The van der Waals surface area contributed by atoms with Crippen molar-refractivity contribution in [2.45, 2.75) is 32.9 Å². The van der Waals surface area contributed by atoms with E-state index in [2.05, 4.69) is 15.6 Å². The molecule has 3 heterocycles. The lowest BCUT2D eigenvalue weighted by molar-refractivity contribution is -0.125. The van der Waals surface area contributed by atoms with E-state index in [9.17, 15) is 14.4 Å². The molecule has 0 fully saturated rings. The molecule has 0 aliphatic carbocycles. The number of furan rings is 1. The van der Waals surface area contributed by atoms with E-state index >= 15 is 0 Å². The van der Waals surface area contributed by atoms with Crippen LogP contribution in [-0.4, -0.2) is 40.7 Å². The first kappa shape index (κ1) is 21.3. The summed E-state index contributed by atoms with van der Waals surface area (Å²) in [4.78, 5) is 41.9. The van der Waals surface area contributed by atoms with Crippen molar-refractivity contribution in [3.8, 4) is 0 Å². The number of amides is 3. The summed E-state index contributed by atoms with van der Waals surface area (Å²) in [5.74, 6) is 0.488. The number of para-hydroxylation sites is 1. The van der Waals surface area contributed by atoms with Gasteiger partial charge in [-0.2, -0.15) is 0 Å². The van der Waals surface area contributed by atoms with Crippen molar-refractivity contribution in [3.63, 3.8) is 0 Å². The van der Waals surface area contributed by atoms with Crippen LogP contribution in [0.3, 0.4) is 0 Å². The summed E-state index contributed by atoms with van der Waals surface area (Å²) in [6.07, 6.45) is 5.09. The molecule has 0 radical (unpaired) electrons. The fourth-order valence-electron chi connectivity index (χ4n) is 3.73. The van der Waals surface area contributed by atoms with Crippen molar-refractivity contribution in [1.82, 2.24) is 15.2 Å². The van der Waals surface area contributed by atoms with Crippen molar-refractivity contribution < 1.29 is 18.8 Å². The molecule has 2 N–H and O–H groups in total. The Morgan fingerprint density at radius 3 is 2.88 bits per heavy atom. The zero-order chi connectivity index (χ0) is 22.8. The van der Waals surface area contributed by atoms with Gasteiger partial charge in [0.1, 0.15) is 23.2 Å². The first-order valence-corrected chi connectivity index (χ1v) is 10.3. The summed E-state index contributed by atoms with van der Waals surface area (Å²) >= 11 is 0. The third-order valence-corrected chi connectivity index (χ3v) is 5.47. The van der Waals surface area contributed by atoms with Crippen LogP contribution in [0, 0.1) is 6.92 Å². The molecule has 1 aromatic carbocycles. The van der Waals surface area contributed by atoms with Gasteiger partial charge in [-0.3, -0.25) is 14.4 Å². The molecule has 1 unspecified atom stereocenters. The maximum Gasteiger partial charge on any atom is 0.248 e. The summed E-state index contributed by atoms with van der Waals surface area (Å²) in [5, 5.41) is 6.37. The Kier molecular flexibility index (Phi) is 5.77. The number of fused-ring (bicyclic) bond motifs is 2. The summed E-state index contributed by atoms with van der Waals surface area (Å²) in [6, 6.07) is 9.01. The number of hydrogen-bond acceptors (Lipinski definition) is 5. The van der Waals surface area contributed by atoms with Crippen LogP contribution in [0.1, 0.15) is 29.4 Å². The average molecular weight is 432 g/mol. The summed E-state index contributed by atoms with van der Waals surface area (Å²) in [5.41, 5.74) is 3.35. The number of nitrogens with zero attached hydrogens (tertiary/aromatic N) is 2. The molecule has 3 aromatic rings. The van der Waals surface area contributed by atoms with Gasteiger partial charge >= 0.3 is 0 Å². The van der Waals surface area contributed by atoms with E-state index in [1.54, 1.807) is 24.2 Å². The van der Waals surface area contributed by atoms with Crippen LogP contribution in [0.4, 0.5) is 5.82 Å². The molecule has 164 valence electrons. The van der Waals surface area contributed by atoms with E-state index < -0.39 is 6.04 Å². The zero-order valence-corrected chi connectivity index (χ0v) is 18.1. The Morgan fingerprint density at radius 2 is 2.12 bits per heavy atom. The third-order valence-electron chi connectivity index (χ3n) is 5.47. The van der Waals surface area contributed by atoms with Gasteiger partial charge in [0.05, 0.1) is 6.54 Å². The molecule has 0 saturated heterocycles. The van der Waals surface area contributed by atoms with Crippen LogP contribution in [0.25, 0.3) is 17.0 Å². The highest BCUT2D eigenvalue weighted by atomic mass is 16.3. The lowest BCUT2D eigenvalue weighted by atomic mass is 10.0. The number of nitrogens with one attached hydrogen (secondary N) is 2. The molecule has 32 heavy (non-hydrogen) atoms. The first-order chi connectivity index (χ1) is 15.3. The largest absolute Gasteiger partial charge is 0.459 e. The number of aryl methyl sites for hydroxylation is 1. The van der Waals surface area contributed by atoms with Crippen LogP contribution in [0.15, 0.2) is 47.0 Å². The fourth-order valence-corrected chi connectivity index (χ4v) is 3.73. The monoisotopic (exact) mass is 432 g/mol. The van der Waals surface area contributed by atoms with Crippen LogP contribution < -0.4 is 10.6 Å². The molecule has 4 rings (SSSR count). The number of hydrogen-bond donors (Lipinski definition) is 2. The second-order valence-corrected chi connectivity index (χ2v) is 7.90. The molecule has 8 heteroatoms. The molecular formula is C24H24N4O4. The van der Waals surface area contributed by atoms with Crippen LogP contribution in [-0.2, 0) is 27.3 Å². The molecule has 8 nitrogen and oxygen atoms in total.